The summed E-state index contributed by atoms with van der Waals surface area (Å²) in [5.74, 6) is -0.339. The topological polar surface area (TPSA) is 49.6 Å². The molecular formula is C15H16FN3O2. The lowest BCUT2D eigenvalue weighted by Gasteiger charge is -2.35. The number of hydrogen-bond donors (Lipinski definition) is 0. The Labute approximate surface area is 121 Å². The van der Waals surface area contributed by atoms with Crippen LogP contribution in [0.3, 0.4) is 0 Å². The van der Waals surface area contributed by atoms with Gasteiger partial charge < -0.3 is 14.3 Å². The lowest BCUT2D eigenvalue weighted by Crippen LogP contribution is -2.49. The van der Waals surface area contributed by atoms with Crippen molar-refractivity contribution in [3.8, 4) is 0 Å². The van der Waals surface area contributed by atoms with E-state index in [4.69, 9.17) is 4.52 Å². The van der Waals surface area contributed by atoms with Crippen molar-refractivity contribution in [2.45, 2.75) is 6.92 Å². The zero-order chi connectivity index (χ0) is 14.8. The van der Waals surface area contributed by atoms with Crippen LogP contribution in [-0.4, -0.2) is 42.1 Å². The van der Waals surface area contributed by atoms with Crippen LogP contribution in [0.25, 0.3) is 0 Å². The molecule has 3 rings (SSSR count). The first-order chi connectivity index (χ1) is 10.1. The molecule has 1 aliphatic heterocycles. The van der Waals surface area contributed by atoms with E-state index in [1.165, 1.54) is 18.4 Å². The molecule has 1 saturated heterocycles. The van der Waals surface area contributed by atoms with E-state index < -0.39 is 0 Å². The van der Waals surface area contributed by atoms with Crippen molar-refractivity contribution in [2.75, 3.05) is 31.1 Å². The van der Waals surface area contributed by atoms with Crippen molar-refractivity contribution in [1.82, 2.24) is 10.1 Å². The van der Waals surface area contributed by atoms with Crippen LogP contribution in [0.2, 0.25) is 0 Å². The Morgan fingerprint density at radius 2 is 1.86 bits per heavy atom. The summed E-state index contributed by atoms with van der Waals surface area (Å²) >= 11 is 0. The number of carbonyl (C=O) groups excluding carboxylic acids is 1. The van der Waals surface area contributed by atoms with Crippen molar-refractivity contribution in [3.05, 3.63) is 47.6 Å². The summed E-state index contributed by atoms with van der Waals surface area (Å²) in [7, 11) is 0. The summed E-state index contributed by atoms with van der Waals surface area (Å²) in [6, 6.07) is 6.42. The number of benzene rings is 1. The van der Waals surface area contributed by atoms with Crippen LogP contribution in [0.4, 0.5) is 10.1 Å². The van der Waals surface area contributed by atoms with Crippen molar-refractivity contribution < 1.29 is 13.7 Å². The summed E-state index contributed by atoms with van der Waals surface area (Å²) in [6.45, 7) is 4.46. The number of amides is 1. The first-order valence-corrected chi connectivity index (χ1v) is 6.86. The van der Waals surface area contributed by atoms with E-state index in [9.17, 15) is 9.18 Å². The van der Waals surface area contributed by atoms with Gasteiger partial charge in [-0.15, -0.1) is 0 Å². The average molecular weight is 289 g/mol. The Morgan fingerprint density at radius 1 is 1.19 bits per heavy atom. The fraction of sp³-hybridized carbons (Fsp3) is 0.333. The number of carbonyl (C=O) groups is 1. The molecular weight excluding hydrogens is 273 g/mol. The van der Waals surface area contributed by atoms with Gasteiger partial charge in [0.1, 0.15) is 12.1 Å². The van der Waals surface area contributed by atoms with Gasteiger partial charge in [-0.3, -0.25) is 4.79 Å². The maximum Gasteiger partial charge on any atom is 0.276 e. The zero-order valence-corrected chi connectivity index (χ0v) is 11.8. The average Bonchev–Trinajstić information content (AvgIpc) is 2.94. The van der Waals surface area contributed by atoms with Crippen LogP contribution < -0.4 is 4.90 Å². The standard InChI is InChI=1S/C15H16FN3O2/c1-11-10-21-17-14(11)15(20)19-8-6-18(7-9-19)13-4-2-12(16)3-5-13/h2-5,10H,6-9H2,1H3. The summed E-state index contributed by atoms with van der Waals surface area (Å²) in [5.41, 5.74) is 2.10. The third kappa shape index (κ3) is 2.74. The van der Waals surface area contributed by atoms with E-state index in [1.807, 2.05) is 0 Å². The molecule has 0 bridgehead atoms. The highest BCUT2D eigenvalue weighted by Gasteiger charge is 2.25. The van der Waals surface area contributed by atoms with Crippen molar-refractivity contribution in [3.63, 3.8) is 0 Å². The minimum absolute atomic E-state index is 0.0972. The van der Waals surface area contributed by atoms with E-state index >= 15 is 0 Å². The van der Waals surface area contributed by atoms with Crippen LogP contribution in [0.5, 0.6) is 0 Å². The molecule has 0 saturated carbocycles. The molecule has 0 atom stereocenters. The van der Waals surface area contributed by atoms with Gasteiger partial charge in [-0.05, 0) is 31.2 Å². The molecule has 0 N–H and O–H groups in total. The molecule has 6 heteroatoms. The number of aryl methyl sites for hydroxylation is 1. The molecule has 1 aliphatic rings. The molecule has 1 aromatic carbocycles. The van der Waals surface area contributed by atoms with Crippen molar-refractivity contribution >= 4 is 11.6 Å². The molecule has 0 radical (unpaired) electrons. The lowest BCUT2D eigenvalue weighted by atomic mass is 10.2. The van der Waals surface area contributed by atoms with Gasteiger partial charge in [0.2, 0.25) is 0 Å². The van der Waals surface area contributed by atoms with E-state index in [0.29, 0.717) is 31.9 Å². The molecule has 1 amide bonds. The summed E-state index contributed by atoms with van der Waals surface area (Å²) in [6.07, 6.45) is 1.47. The van der Waals surface area contributed by atoms with Gasteiger partial charge in [-0.2, -0.15) is 0 Å². The van der Waals surface area contributed by atoms with Crippen LogP contribution >= 0.6 is 0 Å². The second kappa shape index (κ2) is 5.55. The minimum atomic E-state index is -0.242. The normalized spacial score (nSPS) is 15.3. The molecule has 1 fully saturated rings. The SMILES string of the molecule is Cc1conc1C(=O)N1CCN(c2ccc(F)cc2)CC1. The molecule has 0 unspecified atom stereocenters. The highest BCUT2D eigenvalue weighted by molar-refractivity contribution is 5.93. The number of nitrogens with zero attached hydrogens (tertiary/aromatic N) is 3. The van der Waals surface area contributed by atoms with Gasteiger partial charge in [0.05, 0.1) is 0 Å². The highest BCUT2D eigenvalue weighted by Crippen LogP contribution is 2.18. The molecule has 21 heavy (non-hydrogen) atoms. The molecule has 2 heterocycles. The van der Waals surface area contributed by atoms with Gasteiger partial charge in [0.25, 0.3) is 5.91 Å². The second-order valence-corrected chi connectivity index (χ2v) is 5.10. The first-order valence-electron chi connectivity index (χ1n) is 6.86. The largest absolute Gasteiger partial charge is 0.368 e. The van der Waals surface area contributed by atoms with Crippen LogP contribution in [0.15, 0.2) is 35.1 Å². The summed E-state index contributed by atoms with van der Waals surface area (Å²) in [5, 5.41) is 3.76. The Balaban J connectivity index is 1.64. The Kier molecular flexibility index (Phi) is 3.60. The number of piperazine rings is 1. The number of anilines is 1. The quantitative estimate of drug-likeness (QED) is 0.849. The number of aromatic nitrogens is 1. The van der Waals surface area contributed by atoms with Gasteiger partial charge in [-0.1, -0.05) is 5.16 Å². The zero-order valence-electron chi connectivity index (χ0n) is 11.8. The van der Waals surface area contributed by atoms with E-state index in [1.54, 1.807) is 24.0 Å². The molecule has 1 aromatic heterocycles. The van der Waals surface area contributed by atoms with Crippen molar-refractivity contribution in [2.24, 2.45) is 0 Å². The number of rotatable bonds is 2. The Bertz CT molecular complexity index is 631. The van der Waals surface area contributed by atoms with Crippen LogP contribution in [0, 0.1) is 12.7 Å². The van der Waals surface area contributed by atoms with E-state index in [0.717, 1.165) is 11.3 Å². The smallest absolute Gasteiger partial charge is 0.276 e. The maximum absolute atomic E-state index is 12.9. The molecule has 0 spiro atoms. The molecule has 5 nitrogen and oxygen atoms in total. The third-order valence-electron chi connectivity index (χ3n) is 3.71. The fourth-order valence-electron chi connectivity index (χ4n) is 2.46. The van der Waals surface area contributed by atoms with Crippen LogP contribution in [0.1, 0.15) is 16.1 Å². The predicted octanol–water partition coefficient (Wildman–Crippen LogP) is 2.08. The highest BCUT2D eigenvalue weighted by atomic mass is 19.1. The Morgan fingerprint density at radius 3 is 2.43 bits per heavy atom. The molecule has 2 aromatic rings. The van der Waals surface area contributed by atoms with Gasteiger partial charge >= 0.3 is 0 Å². The summed E-state index contributed by atoms with van der Waals surface area (Å²) < 4.78 is 17.7. The monoisotopic (exact) mass is 289 g/mol. The third-order valence-corrected chi connectivity index (χ3v) is 3.71. The summed E-state index contributed by atoms with van der Waals surface area (Å²) in [4.78, 5) is 16.2. The number of halogens is 1. The predicted molar refractivity (Wildman–Crippen MR) is 75.8 cm³/mol. The van der Waals surface area contributed by atoms with Crippen molar-refractivity contribution in [1.29, 1.82) is 0 Å². The minimum Gasteiger partial charge on any atom is -0.368 e. The fourth-order valence-corrected chi connectivity index (χ4v) is 2.46. The maximum atomic E-state index is 12.9. The van der Waals surface area contributed by atoms with Crippen LogP contribution in [-0.2, 0) is 0 Å². The second-order valence-electron chi connectivity index (χ2n) is 5.10. The lowest BCUT2D eigenvalue weighted by molar-refractivity contribution is 0.0735. The molecule has 0 aliphatic carbocycles. The Hall–Kier alpha value is -2.37. The first kappa shape index (κ1) is 13.6. The number of hydrogen-bond acceptors (Lipinski definition) is 4. The van der Waals surface area contributed by atoms with Gasteiger partial charge in [0, 0.05) is 37.4 Å². The van der Waals surface area contributed by atoms with E-state index in [2.05, 4.69) is 10.1 Å². The van der Waals surface area contributed by atoms with Gasteiger partial charge in [-0.25, -0.2) is 4.39 Å². The molecule has 110 valence electrons. The van der Waals surface area contributed by atoms with Gasteiger partial charge in [0.15, 0.2) is 5.69 Å². The van der Waals surface area contributed by atoms with E-state index in [-0.39, 0.29) is 11.7 Å².